The molecule has 0 bridgehead atoms. The number of nitrogens with one attached hydrogen (secondary N) is 1. The highest BCUT2D eigenvalue weighted by atomic mass is 32.2. The largest absolute Gasteiger partial charge is 0.448 e. The van der Waals surface area contributed by atoms with Crippen LogP contribution in [0.2, 0.25) is 0 Å². The Hall–Kier alpha value is -4.43. The van der Waals surface area contributed by atoms with Crippen LogP contribution in [0.5, 0.6) is 0 Å². The first kappa shape index (κ1) is 34.0. The molecule has 3 aromatic carbocycles. The molecule has 2 fully saturated rings. The van der Waals surface area contributed by atoms with Gasteiger partial charge in [-0.1, -0.05) is 103 Å². The van der Waals surface area contributed by atoms with Gasteiger partial charge >= 0.3 is 5.97 Å². The van der Waals surface area contributed by atoms with Gasteiger partial charge in [0.1, 0.15) is 17.1 Å². The van der Waals surface area contributed by atoms with Crippen molar-refractivity contribution >= 4 is 58.6 Å². The number of carbonyl (C=O) groups excluding carboxylic acids is 4. The number of nitrogens with zero attached hydrogens (tertiary/aromatic N) is 3. The van der Waals surface area contributed by atoms with Gasteiger partial charge in [0.05, 0.1) is 31.7 Å². The van der Waals surface area contributed by atoms with Gasteiger partial charge in [-0.2, -0.15) is 0 Å². The number of amides is 3. The Bertz CT molecular complexity index is 1840. The molecule has 2 saturated heterocycles. The maximum atomic E-state index is 14.3. The summed E-state index contributed by atoms with van der Waals surface area (Å²) in [7, 11) is 0. The highest BCUT2D eigenvalue weighted by Gasteiger charge is 2.55. The van der Waals surface area contributed by atoms with Crippen LogP contribution >= 0.6 is 34.9 Å². The fraction of sp³-hybridized carbons (Fsp3) is 0.270. The normalized spacial score (nSPS) is 18.8. The summed E-state index contributed by atoms with van der Waals surface area (Å²) in [6.07, 6.45) is -0.399. The van der Waals surface area contributed by atoms with Gasteiger partial charge in [0, 0.05) is 29.1 Å². The van der Waals surface area contributed by atoms with E-state index in [9.17, 15) is 19.2 Å². The summed E-state index contributed by atoms with van der Waals surface area (Å²) in [5.41, 5.74) is 3.22. The van der Waals surface area contributed by atoms with Crippen LogP contribution in [0.4, 0.5) is 0 Å². The number of thiazole rings is 1. The number of fused-ring (bicyclic) bond motifs is 1. The lowest BCUT2D eigenvalue weighted by molar-refractivity contribution is -0.154. The van der Waals surface area contributed by atoms with Crippen LogP contribution in [0.25, 0.3) is 0 Å². The summed E-state index contributed by atoms with van der Waals surface area (Å²) in [6, 6.07) is 27.5. The minimum Gasteiger partial charge on any atom is -0.448 e. The molecule has 13 heteroatoms. The van der Waals surface area contributed by atoms with Crippen LogP contribution in [-0.2, 0) is 41.5 Å². The van der Waals surface area contributed by atoms with Gasteiger partial charge in [-0.3, -0.25) is 19.3 Å². The molecule has 0 aliphatic carbocycles. The lowest BCUT2D eigenvalue weighted by Gasteiger charge is -2.49. The summed E-state index contributed by atoms with van der Waals surface area (Å²) in [5, 5.41) is 4.27. The molecule has 10 nitrogen and oxygen atoms in total. The van der Waals surface area contributed by atoms with Crippen LogP contribution in [0, 0.1) is 0 Å². The third-order valence-electron chi connectivity index (χ3n) is 8.52. The first-order chi connectivity index (χ1) is 24.4. The van der Waals surface area contributed by atoms with Crippen molar-refractivity contribution in [2.24, 2.45) is 0 Å². The van der Waals surface area contributed by atoms with Crippen molar-refractivity contribution in [3.63, 3.8) is 0 Å². The molecule has 0 unspecified atom stereocenters. The number of morpholine rings is 1. The van der Waals surface area contributed by atoms with E-state index in [-0.39, 0.29) is 36.3 Å². The number of rotatable bonds is 11. The first-order valence-electron chi connectivity index (χ1n) is 16.2. The maximum Gasteiger partial charge on any atom is 0.356 e. The molecular formula is C37H34N4O6S3. The molecule has 2 atom stereocenters. The first-order valence-corrected chi connectivity index (χ1v) is 19.0. The minimum absolute atomic E-state index is 0.00547. The fourth-order valence-corrected chi connectivity index (χ4v) is 9.48. The second-order valence-corrected chi connectivity index (χ2v) is 15.2. The van der Waals surface area contributed by atoms with Crippen LogP contribution in [0.15, 0.2) is 111 Å². The predicted molar refractivity (Wildman–Crippen MR) is 192 cm³/mol. The van der Waals surface area contributed by atoms with E-state index in [1.54, 1.807) is 4.90 Å². The smallest absolute Gasteiger partial charge is 0.356 e. The summed E-state index contributed by atoms with van der Waals surface area (Å²) in [4.78, 5) is 62.5. The lowest BCUT2D eigenvalue weighted by Crippen LogP contribution is -2.70. The van der Waals surface area contributed by atoms with E-state index in [0.717, 1.165) is 16.7 Å². The number of hydrogen-bond acceptors (Lipinski definition) is 10. The Balaban J connectivity index is 1.14. The molecule has 4 heterocycles. The Morgan fingerprint density at radius 2 is 1.56 bits per heavy atom. The van der Waals surface area contributed by atoms with Crippen LogP contribution in [0.1, 0.15) is 28.5 Å². The van der Waals surface area contributed by atoms with E-state index in [1.807, 2.05) is 96.4 Å². The monoisotopic (exact) mass is 726 g/mol. The van der Waals surface area contributed by atoms with Crippen molar-refractivity contribution in [1.82, 2.24) is 20.1 Å². The maximum absolute atomic E-state index is 14.3. The van der Waals surface area contributed by atoms with Crippen LogP contribution in [0.3, 0.4) is 0 Å². The highest BCUT2D eigenvalue weighted by Crippen LogP contribution is 2.46. The quantitative estimate of drug-likeness (QED) is 0.172. The summed E-state index contributed by atoms with van der Waals surface area (Å²) >= 11 is 4.16. The zero-order valence-corrected chi connectivity index (χ0v) is 29.4. The third kappa shape index (κ3) is 7.65. The molecule has 3 amide bonds. The number of carbonyl (C=O) groups is 4. The molecule has 4 aromatic rings. The standard InChI is InChI=1S/C37H34N4O6S3/c42-29(20-24-10-4-1-5-11-24)39-31-34(44)41-32(36(45)47-33(25-12-6-2-7-13-25)26-14-8-3-9-15-26)28(23-48-35(31)41)50-37-38-27(22-49-37)21-30(43)40-16-18-46-19-17-40/h1-15,22,31,33,35H,16-21,23H2,(H,39,42)/t31-,35+/m1/s1. The second kappa shape index (κ2) is 15.6. The molecule has 3 aliphatic rings. The SMILES string of the molecule is O=C(Cc1ccccc1)N[C@@H]1C(=O)N2C(C(=O)OC(c3ccccc3)c3ccccc3)=C(Sc3nc(CC(=O)N4CCOCC4)cs3)CS[C@@H]12. The Morgan fingerprint density at radius 1 is 0.920 bits per heavy atom. The summed E-state index contributed by atoms with van der Waals surface area (Å²) < 4.78 is 12.3. The second-order valence-electron chi connectivity index (χ2n) is 11.9. The van der Waals surface area contributed by atoms with E-state index < -0.39 is 23.5 Å². The van der Waals surface area contributed by atoms with Gasteiger partial charge in [-0.25, -0.2) is 9.78 Å². The summed E-state index contributed by atoms with van der Waals surface area (Å²) in [5.74, 6) is -0.887. The zero-order chi connectivity index (χ0) is 34.5. The minimum atomic E-state index is -0.776. The highest BCUT2D eigenvalue weighted by molar-refractivity contribution is 8.07. The van der Waals surface area contributed by atoms with Gasteiger partial charge in [0.15, 0.2) is 10.4 Å². The van der Waals surface area contributed by atoms with E-state index in [0.29, 0.717) is 47.0 Å². The Kier molecular flexibility index (Phi) is 10.6. The average Bonchev–Trinajstić information content (AvgIpc) is 3.60. The summed E-state index contributed by atoms with van der Waals surface area (Å²) in [6.45, 7) is 2.17. The Morgan fingerprint density at radius 3 is 2.22 bits per heavy atom. The molecule has 3 aliphatic heterocycles. The van der Waals surface area contributed by atoms with E-state index in [2.05, 4.69) is 5.32 Å². The van der Waals surface area contributed by atoms with Gasteiger partial charge in [0.25, 0.3) is 5.91 Å². The van der Waals surface area contributed by atoms with Gasteiger partial charge in [-0.05, 0) is 16.7 Å². The number of esters is 1. The average molecular weight is 727 g/mol. The van der Waals surface area contributed by atoms with Crippen molar-refractivity contribution < 1.29 is 28.7 Å². The topological polar surface area (TPSA) is 118 Å². The number of aromatic nitrogens is 1. The van der Waals surface area contributed by atoms with E-state index in [4.69, 9.17) is 14.5 Å². The zero-order valence-electron chi connectivity index (χ0n) is 26.9. The molecule has 0 spiro atoms. The number of thioether (sulfide) groups is 2. The molecule has 50 heavy (non-hydrogen) atoms. The fourth-order valence-electron chi connectivity index (χ4n) is 6.01. The van der Waals surface area contributed by atoms with Gasteiger partial charge in [0.2, 0.25) is 11.8 Å². The van der Waals surface area contributed by atoms with Crippen molar-refractivity contribution in [3.05, 3.63) is 129 Å². The van der Waals surface area contributed by atoms with Crippen molar-refractivity contribution in [3.8, 4) is 0 Å². The molecule has 256 valence electrons. The number of ether oxygens (including phenoxy) is 2. The third-order valence-corrected chi connectivity index (χ3v) is 12.1. The van der Waals surface area contributed by atoms with E-state index >= 15 is 0 Å². The molecule has 0 radical (unpaired) electrons. The van der Waals surface area contributed by atoms with Crippen LogP contribution < -0.4 is 5.32 Å². The molecular weight excluding hydrogens is 693 g/mol. The van der Waals surface area contributed by atoms with Gasteiger partial charge in [-0.15, -0.1) is 23.1 Å². The van der Waals surface area contributed by atoms with Crippen LogP contribution in [-0.4, -0.2) is 81.9 Å². The van der Waals surface area contributed by atoms with Crippen molar-refractivity contribution in [2.75, 3.05) is 32.1 Å². The van der Waals surface area contributed by atoms with Crippen molar-refractivity contribution in [2.45, 2.75) is 34.7 Å². The van der Waals surface area contributed by atoms with Gasteiger partial charge < -0.3 is 19.7 Å². The number of benzene rings is 3. The molecule has 1 N–H and O–H groups in total. The lowest BCUT2D eigenvalue weighted by atomic mass is 10.0. The van der Waals surface area contributed by atoms with E-state index in [1.165, 1.54) is 39.8 Å². The molecule has 0 saturated carbocycles. The predicted octanol–water partition coefficient (Wildman–Crippen LogP) is 4.82. The molecule has 1 aromatic heterocycles. The van der Waals surface area contributed by atoms with Crippen molar-refractivity contribution in [1.29, 1.82) is 0 Å². The number of hydrogen-bond donors (Lipinski definition) is 1. The Labute approximate surface area is 302 Å². The molecule has 7 rings (SSSR count). The number of β-lactam (4-membered cyclic amide) rings is 1.